The van der Waals surface area contributed by atoms with E-state index < -0.39 is 23.0 Å². The quantitative estimate of drug-likeness (QED) is 0.122. The summed E-state index contributed by atoms with van der Waals surface area (Å²) in [5, 5.41) is 0. The first kappa shape index (κ1) is 32.1. The molecule has 0 N–H and O–H groups in total. The maximum atomic E-state index is 12.3. The lowest BCUT2D eigenvalue weighted by Crippen LogP contribution is -2.11. The minimum atomic E-state index is -4.23. The monoisotopic (exact) mass is 745 g/mol. The summed E-state index contributed by atoms with van der Waals surface area (Å²) in [4.78, 5) is 24.7. The predicted molar refractivity (Wildman–Crippen MR) is 199 cm³/mol. The van der Waals surface area contributed by atoms with Crippen LogP contribution in [0, 0.1) is 0 Å². The van der Waals surface area contributed by atoms with Crippen LogP contribution in [0.1, 0.15) is 20.7 Å². The zero-order valence-electron chi connectivity index (χ0n) is 27.0. The van der Waals surface area contributed by atoms with Gasteiger partial charge in [-0.2, -0.15) is 0 Å². The Morgan fingerprint density at radius 2 is 0.731 bits per heavy atom. The summed E-state index contributed by atoms with van der Waals surface area (Å²) in [6.07, 6.45) is 1.32. The molecule has 0 saturated heterocycles. The first-order valence-electron chi connectivity index (χ1n) is 16.0. The minimum Gasteiger partial charge on any atom is -0.413 e. The van der Waals surface area contributed by atoms with Crippen LogP contribution >= 0.6 is 23.0 Å². The van der Waals surface area contributed by atoms with Gasteiger partial charge < -0.3 is 27.1 Å². The lowest BCUT2D eigenvalue weighted by atomic mass is 10.0. The molecule has 0 atom stereocenters. The standard InChI is InChI=1S/C38H26N3O8P3/c42-25-27-13-1-7-19-33(27)44-50(45-34-20-8-2-14-28(34)26-43)39-51(46-35-21-9-3-15-29(35)30-16-4-10-22-36(30)47-51)41-52(40-50)48-37-23-11-5-17-31(37)32-18-6-12-24-38(32)49-52/h1-26H. The van der Waals surface area contributed by atoms with E-state index in [1.54, 1.807) is 72.8 Å². The van der Waals surface area contributed by atoms with Gasteiger partial charge in [0.1, 0.15) is 34.5 Å². The summed E-state index contributed by atoms with van der Waals surface area (Å²) >= 11 is 0. The molecular formula is C38H26N3O8P3. The normalized spacial score (nSPS) is 16.2. The van der Waals surface area contributed by atoms with Gasteiger partial charge in [-0.1, -0.05) is 111 Å². The van der Waals surface area contributed by atoms with Crippen LogP contribution in [-0.4, -0.2) is 12.6 Å². The molecule has 9 rings (SSSR count). The average molecular weight is 746 g/mol. The molecule has 6 aromatic rings. The van der Waals surface area contributed by atoms with Crippen molar-refractivity contribution in [1.82, 2.24) is 0 Å². The minimum absolute atomic E-state index is 0.117. The number of nitrogens with zero attached hydrogens (tertiary/aromatic N) is 3. The van der Waals surface area contributed by atoms with Gasteiger partial charge in [-0.3, -0.25) is 9.59 Å². The fourth-order valence-corrected chi connectivity index (χ4v) is 15.1. The molecule has 0 saturated carbocycles. The van der Waals surface area contributed by atoms with Crippen LogP contribution in [-0.2, 0) is 0 Å². The first-order chi connectivity index (χ1) is 25.5. The van der Waals surface area contributed by atoms with E-state index in [-0.39, 0.29) is 22.6 Å². The van der Waals surface area contributed by atoms with E-state index in [0.717, 1.165) is 22.3 Å². The van der Waals surface area contributed by atoms with Crippen molar-refractivity contribution in [2.75, 3.05) is 0 Å². The van der Waals surface area contributed by atoms with E-state index in [9.17, 15) is 9.59 Å². The summed E-state index contributed by atoms with van der Waals surface area (Å²) in [7, 11) is -12.3. The highest BCUT2D eigenvalue weighted by atomic mass is 31.3. The molecule has 256 valence electrons. The van der Waals surface area contributed by atoms with Crippen molar-refractivity contribution in [3.05, 3.63) is 157 Å². The molecule has 0 fully saturated rings. The fourth-order valence-electron chi connectivity index (χ4n) is 5.92. The number of aldehydes is 2. The number of hydrogen-bond donors (Lipinski definition) is 0. The Balaban J connectivity index is 1.40. The molecule has 0 amide bonds. The summed E-state index contributed by atoms with van der Waals surface area (Å²) in [6, 6.07) is 43.0. The predicted octanol–water partition coefficient (Wildman–Crippen LogP) is 11.9. The van der Waals surface area contributed by atoms with Crippen molar-refractivity contribution >= 4 is 35.5 Å². The highest BCUT2D eigenvalue weighted by Crippen LogP contribution is 2.80. The van der Waals surface area contributed by atoms with Gasteiger partial charge in [0.25, 0.3) is 0 Å². The van der Waals surface area contributed by atoms with Crippen molar-refractivity contribution in [2.24, 2.45) is 13.5 Å². The molecule has 14 heteroatoms. The Hall–Kier alpha value is -5.85. The number of rotatable bonds is 6. The highest BCUT2D eigenvalue weighted by molar-refractivity contribution is 7.79. The molecule has 0 unspecified atom stereocenters. The molecule has 3 aliphatic rings. The van der Waals surface area contributed by atoms with Crippen LogP contribution in [0.15, 0.2) is 159 Å². The van der Waals surface area contributed by atoms with Crippen LogP contribution < -0.4 is 27.1 Å². The van der Waals surface area contributed by atoms with Gasteiger partial charge in [-0.25, -0.2) is 0 Å². The van der Waals surface area contributed by atoms with Crippen molar-refractivity contribution in [2.45, 2.75) is 0 Å². The molecule has 11 nitrogen and oxygen atoms in total. The molecule has 3 aliphatic heterocycles. The van der Waals surface area contributed by atoms with E-state index in [1.165, 1.54) is 0 Å². The SMILES string of the molecule is O=Cc1ccccc1OP1(Oc2ccccc2C=O)=NP2(=NP3(=N1)Oc1ccccc1-c1ccccc1O3)Oc1ccccc1-c1ccccc1O2. The van der Waals surface area contributed by atoms with Crippen LogP contribution in [0.25, 0.3) is 22.3 Å². The molecule has 52 heavy (non-hydrogen) atoms. The third-order valence-electron chi connectivity index (χ3n) is 8.20. The second-order valence-electron chi connectivity index (χ2n) is 11.6. The van der Waals surface area contributed by atoms with E-state index in [0.29, 0.717) is 35.6 Å². The Bertz CT molecular complexity index is 2350. The molecular weight excluding hydrogens is 719 g/mol. The third kappa shape index (κ3) is 5.69. The van der Waals surface area contributed by atoms with Crippen molar-refractivity contribution in [3.63, 3.8) is 0 Å². The number of fused-ring (bicyclic) bond motifs is 6. The largest absolute Gasteiger partial charge is 0.460 e. The van der Waals surface area contributed by atoms with Gasteiger partial charge in [0.15, 0.2) is 12.6 Å². The Kier molecular flexibility index (Phi) is 7.85. The number of para-hydroxylation sites is 6. The first-order valence-corrected chi connectivity index (χ1v) is 20.6. The summed E-state index contributed by atoms with van der Waals surface area (Å²) in [6.45, 7) is 0. The van der Waals surface area contributed by atoms with Gasteiger partial charge >= 0.3 is 23.0 Å². The molecule has 6 aromatic carbocycles. The van der Waals surface area contributed by atoms with Crippen LogP contribution in [0.4, 0.5) is 0 Å². The maximum absolute atomic E-state index is 12.3. The molecule has 2 spiro atoms. The van der Waals surface area contributed by atoms with Gasteiger partial charge in [0.2, 0.25) is 0 Å². The number of carbonyl (C=O) groups is 2. The van der Waals surface area contributed by atoms with Gasteiger partial charge in [-0.15, -0.1) is 0 Å². The Morgan fingerprint density at radius 1 is 0.404 bits per heavy atom. The molecule has 0 bridgehead atoms. The second kappa shape index (κ2) is 12.7. The summed E-state index contributed by atoms with van der Waals surface area (Å²) < 4.78 is 56.3. The zero-order valence-corrected chi connectivity index (χ0v) is 29.6. The van der Waals surface area contributed by atoms with E-state index in [4.69, 9.17) is 40.7 Å². The molecule has 0 radical (unpaired) electrons. The topological polar surface area (TPSA) is 127 Å². The summed E-state index contributed by atoms with van der Waals surface area (Å²) in [5.41, 5.74) is 3.40. The number of hydrogen-bond acceptors (Lipinski definition) is 11. The molecule has 0 aromatic heterocycles. The lowest BCUT2D eigenvalue weighted by molar-refractivity contribution is 0.111. The fraction of sp³-hybridized carbons (Fsp3) is 0. The van der Waals surface area contributed by atoms with Gasteiger partial charge in [0, 0.05) is 22.3 Å². The van der Waals surface area contributed by atoms with E-state index in [2.05, 4.69) is 0 Å². The van der Waals surface area contributed by atoms with Crippen molar-refractivity contribution in [3.8, 4) is 56.8 Å². The Labute approximate surface area is 298 Å². The molecule has 0 aliphatic carbocycles. The highest BCUT2D eigenvalue weighted by Gasteiger charge is 2.51. The van der Waals surface area contributed by atoms with Crippen molar-refractivity contribution < 1.29 is 36.7 Å². The average Bonchev–Trinajstić information content (AvgIpc) is 3.37. The number of benzene rings is 6. The maximum Gasteiger partial charge on any atom is 0.460 e. The zero-order chi connectivity index (χ0) is 35.2. The third-order valence-corrected chi connectivity index (χ3v) is 16.2. The van der Waals surface area contributed by atoms with Crippen LogP contribution in [0.5, 0.6) is 34.5 Å². The summed E-state index contributed by atoms with van der Waals surface area (Å²) in [5.74, 6) is 1.97. The van der Waals surface area contributed by atoms with Crippen LogP contribution in [0.2, 0.25) is 0 Å². The Morgan fingerprint density at radius 3 is 1.12 bits per heavy atom. The van der Waals surface area contributed by atoms with Gasteiger partial charge in [-0.05, 0) is 48.5 Å². The van der Waals surface area contributed by atoms with E-state index in [1.807, 2.05) is 72.8 Å². The van der Waals surface area contributed by atoms with Crippen molar-refractivity contribution in [1.29, 1.82) is 0 Å². The number of carbonyl (C=O) groups excluding carboxylic acids is 2. The lowest BCUT2D eigenvalue weighted by Gasteiger charge is -2.32. The second-order valence-corrected chi connectivity index (χ2v) is 17.8. The van der Waals surface area contributed by atoms with Gasteiger partial charge in [0.05, 0.1) is 11.1 Å². The van der Waals surface area contributed by atoms with Crippen LogP contribution in [0.3, 0.4) is 0 Å². The smallest absolute Gasteiger partial charge is 0.413 e. The molecule has 3 heterocycles. The van der Waals surface area contributed by atoms with E-state index >= 15 is 0 Å².